The summed E-state index contributed by atoms with van der Waals surface area (Å²) in [5.41, 5.74) is 1.16. The zero-order valence-corrected chi connectivity index (χ0v) is 7.90. The summed E-state index contributed by atoms with van der Waals surface area (Å²) in [5, 5.41) is 0. The lowest BCUT2D eigenvalue weighted by atomic mass is 10.0. The van der Waals surface area contributed by atoms with Gasteiger partial charge in [-0.25, -0.2) is 0 Å². The standard InChI is InChI=1S/C10H9NO3/c1-11-4-3-6-7(11)5-8(14-2)10(13)9(6)12/h3-5H,1-2H3. The minimum atomic E-state index is -0.578. The molecule has 0 unspecified atom stereocenters. The first-order valence-corrected chi connectivity index (χ1v) is 4.15. The van der Waals surface area contributed by atoms with Crippen LogP contribution in [0.1, 0.15) is 16.1 Å². The number of hydrogen-bond donors (Lipinski definition) is 0. The molecule has 0 radical (unpaired) electrons. The number of ketones is 2. The topological polar surface area (TPSA) is 48.3 Å². The van der Waals surface area contributed by atoms with E-state index in [0.29, 0.717) is 11.3 Å². The van der Waals surface area contributed by atoms with Gasteiger partial charge in [-0.05, 0) is 6.07 Å². The largest absolute Gasteiger partial charge is 0.492 e. The first kappa shape index (κ1) is 8.74. The molecule has 0 saturated carbocycles. The van der Waals surface area contributed by atoms with Crippen molar-refractivity contribution in [1.82, 2.24) is 4.57 Å². The van der Waals surface area contributed by atoms with E-state index >= 15 is 0 Å². The molecule has 0 N–H and O–H groups in total. The highest BCUT2D eigenvalue weighted by atomic mass is 16.5. The van der Waals surface area contributed by atoms with Gasteiger partial charge in [0.05, 0.1) is 18.4 Å². The molecule has 1 aromatic heterocycles. The Labute approximate surface area is 80.8 Å². The molecule has 72 valence electrons. The Balaban J connectivity index is 2.65. The van der Waals surface area contributed by atoms with Crippen LogP contribution in [0.25, 0.3) is 6.08 Å². The number of nitrogens with zero attached hydrogens (tertiary/aromatic N) is 1. The highest BCUT2D eigenvalue weighted by Crippen LogP contribution is 2.22. The van der Waals surface area contributed by atoms with Crippen molar-refractivity contribution in [3.63, 3.8) is 0 Å². The molecule has 14 heavy (non-hydrogen) atoms. The fourth-order valence-corrected chi connectivity index (χ4v) is 1.49. The van der Waals surface area contributed by atoms with E-state index in [1.54, 1.807) is 22.9 Å². The number of allylic oxidation sites excluding steroid dienone is 1. The molecule has 0 amide bonds. The Hall–Kier alpha value is -1.84. The van der Waals surface area contributed by atoms with Crippen LogP contribution in [0.5, 0.6) is 0 Å². The van der Waals surface area contributed by atoms with Crippen molar-refractivity contribution in [2.75, 3.05) is 7.11 Å². The Morgan fingerprint density at radius 3 is 2.64 bits per heavy atom. The zero-order chi connectivity index (χ0) is 10.3. The maximum Gasteiger partial charge on any atom is 0.268 e. The van der Waals surface area contributed by atoms with Gasteiger partial charge in [0, 0.05) is 19.3 Å². The Kier molecular flexibility index (Phi) is 1.77. The molecule has 1 aromatic rings. The average Bonchev–Trinajstić information content (AvgIpc) is 2.54. The number of methoxy groups -OCH3 is 1. The SMILES string of the molecule is COC1=Cc2c(ccn2C)C(=O)C1=O. The second kappa shape index (κ2) is 2.83. The molecule has 0 atom stereocenters. The molecule has 0 aliphatic heterocycles. The monoisotopic (exact) mass is 191 g/mol. The molecule has 4 nitrogen and oxygen atoms in total. The summed E-state index contributed by atoms with van der Waals surface area (Å²) in [6, 6.07) is 1.64. The molecule has 1 aliphatic rings. The lowest BCUT2D eigenvalue weighted by Gasteiger charge is -2.11. The number of Topliss-reactive ketones (excluding diaryl/α,β-unsaturated/α-hetero) is 2. The fourth-order valence-electron chi connectivity index (χ4n) is 1.49. The van der Waals surface area contributed by atoms with Crippen molar-refractivity contribution in [2.24, 2.45) is 7.05 Å². The van der Waals surface area contributed by atoms with Crippen molar-refractivity contribution in [1.29, 1.82) is 0 Å². The van der Waals surface area contributed by atoms with E-state index < -0.39 is 11.6 Å². The number of aromatic nitrogens is 1. The minimum absolute atomic E-state index is 0.101. The maximum absolute atomic E-state index is 11.5. The van der Waals surface area contributed by atoms with E-state index in [1.807, 2.05) is 7.05 Å². The predicted molar refractivity (Wildman–Crippen MR) is 49.7 cm³/mol. The van der Waals surface area contributed by atoms with E-state index in [0.717, 1.165) is 0 Å². The van der Waals surface area contributed by atoms with E-state index in [4.69, 9.17) is 4.74 Å². The molecular formula is C10H9NO3. The van der Waals surface area contributed by atoms with Gasteiger partial charge in [-0.1, -0.05) is 0 Å². The third kappa shape index (κ3) is 1.00. The van der Waals surface area contributed by atoms with Gasteiger partial charge in [0.15, 0.2) is 5.76 Å². The molecule has 0 spiro atoms. The smallest absolute Gasteiger partial charge is 0.268 e. The Morgan fingerprint density at radius 1 is 1.29 bits per heavy atom. The number of carbonyl (C=O) groups is 2. The summed E-state index contributed by atoms with van der Waals surface area (Å²) in [6.07, 6.45) is 3.32. The van der Waals surface area contributed by atoms with Crippen LogP contribution >= 0.6 is 0 Å². The quantitative estimate of drug-likeness (QED) is 0.616. The van der Waals surface area contributed by atoms with Gasteiger partial charge >= 0.3 is 0 Å². The molecule has 0 fully saturated rings. The van der Waals surface area contributed by atoms with Crippen molar-refractivity contribution >= 4 is 17.6 Å². The number of carbonyl (C=O) groups excluding carboxylic acids is 2. The van der Waals surface area contributed by atoms with E-state index in [1.165, 1.54) is 7.11 Å². The summed E-state index contributed by atoms with van der Waals surface area (Å²) in [5.74, 6) is -0.976. The molecular weight excluding hydrogens is 182 g/mol. The van der Waals surface area contributed by atoms with Crippen LogP contribution in [0.4, 0.5) is 0 Å². The van der Waals surface area contributed by atoms with Gasteiger partial charge in [0.25, 0.3) is 5.78 Å². The number of hydrogen-bond acceptors (Lipinski definition) is 3. The van der Waals surface area contributed by atoms with Crippen molar-refractivity contribution in [3.8, 4) is 0 Å². The Bertz CT molecular complexity index is 454. The number of aryl methyl sites for hydroxylation is 1. The normalized spacial score (nSPS) is 15.1. The van der Waals surface area contributed by atoms with Gasteiger partial charge in [-0.3, -0.25) is 9.59 Å². The van der Waals surface area contributed by atoms with Crippen LogP contribution in [0.3, 0.4) is 0 Å². The van der Waals surface area contributed by atoms with Crippen molar-refractivity contribution in [2.45, 2.75) is 0 Å². The number of rotatable bonds is 1. The summed E-state index contributed by atoms with van der Waals surface area (Å²) >= 11 is 0. The molecule has 1 aliphatic carbocycles. The zero-order valence-electron chi connectivity index (χ0n) is 7.90. The van der Waals surface area contributed by atoms with Gasteiger partial charge in [-0.2, -0.15) is 0 Å². The van der Waals surface area contributed by atoms with Crippen LogP contribution < -0.4 is 0 Å². The van der Waals surface area contributed by atoms with Gasteiger partial charge in [0.2, 0.25) is 5.78 Å². The Morgan fingerprint density at radius 2 is 2.00 bits per heavy atom. The summed E-state index contributed by atoms with van der Waals surface area (Å²) in [4.78, 5) is 22.9. The fraction of sp³-hybridized carbons (Fsp3) is 0.200. The van der Waals surface area contributed by atoms with Crippen LogP contribution in [0, 0.1) is 0 Å². The lowest BCUT2D eigenvalue weighted by molar-refractivity contribution is -0.114. The van der Waals surface area contributed by atoms with E-state index in [-0.39, 0.29) is 5.76 Å². The molecule has 2 rings (SSSR count). The second-order valence-electron chi connectivity index (χ2n) is 3.10. The van der Waals surface area contributed by atoms with E-state index in [2.05, 4.69) is 0 Å². The molecule has 0 bridgehead atoms. The highest BCUT2D eigenvalue weighted by Gasteiger charge is 2.29. The lowest BCUT2D eigenvalue weighted by Crippen LogP contribution is -2.22. The third-order valence-corrected chi connectivity index (χ3v) is 2.28. The minimum Gasteiger partial charge on any atom is -0.492 e. The van der Waals surface area contributed by atoms with Crippen LogP contribution in [-0.2, 0) is 16.6 Å². The molecule has 0 aromatic carbocycles. The molecule has 0 saturated heterocycles. The molecule has 1 heterocycles. The first-order chi connectivity index (χ1) is 6.65. The highest BCUT2D eigenvalue weighted by molar-refractivity contribution is 6.51. The third-order valence-electron chi connectivity index (χ3n) is 2.28. The van der Waals surface area contributed by atoms with Crippen LogP contribution in [0.2, 0.25) is 0 Å². The maximum atomic E-state index is 11.5. The summed E-state index contributed by atoms with van der Waals surface area (Å²) in [7, 11) is 3.19. The van der Waals surface area contributed by atoms with Gasteiger partial charge < -0.3 is 9.30 Å². The van der Waals surface area contributed by atoms with Crippen molar-refractivity contribution < 1.29 is 14.3 Å². The number of ether oxygens (including phenoxy) is 1. The summed E-state index contributed by atoms with van der Waals surface area (Å²) in [6.45, 7) is 0. The van der Waals surface area contributed by atoms with Crippen LogP contribution in [0.15, 0.2) is 18.0 Å². The first-order valence-electron chi connectivity index (χ1n) is 4.15. The second-order valence-corrected chi connectivity index (χ2v) is 3.10. The van der Waals surface area contributed by atoms with Crippen molar-refractivity contribution in [3.05, 3.63) is 29.3 Å². The van der Waals surface area contributed by atoms with E-state index in [9.17, 15) is 9.59 Å². The predicted octanol–water partition coefficient (Wildman–Crippen LogP) is 0.778. The van der Waals surface area contributed by atoms with Gasteiger partial charge in [0.1, 0.15) is 0 Å². The summed E-state index contributed by atoms with van der Waals surface area (Å²) < 4.78 is 6.61. The number of fused-ring (bicyclic) bond motifs is 1. The molecule has 4 heteroatoms. The average molecular weight is 191 g/mol. The van der Waals surface area contributed by atoms with Gasteiger partial charge in [-0.15, -0.1) is 0 Å². The van der Waals surface area contributed by atoms with Crippen LogP contribution in [-0.4, -0.2) is 23.2 Å².